The van der Waals surface area contributed by atoms with E-state index in [-0.39, 0.29) is 0 Å². The normalized spacial score (nSPS) is 11.2. The predicted molar refractivity (Wildman–Crippen MR) is 79.0 cm³/mol. The number of hydrogen-bond acceptors (Lipinski definition) is 3. The lowest BCUT2D eigenvalue weighted by Crippen LogP contribution is -1.99. The quantitative estimate of drug-likeness (QED) is 0.572. The average molecular weight is 251 g/mol. The van der Waals surface area contributed by atoms with Crippen molar-refractivity contribution in [1.29, 1.82) is 0 Å². The topological polar surface area (TPSA) is 51.8 Å². The molecule has 3 rings (SSSR count). The minimum atomic E-state index is 0.755. The number of aryl methyl sites for hydroxylation is 1. The number of rotatable bonds is 4. The molecule has 0 spiro atoms. The molecule has 2 aromatic heterocycles. The molecule has 0 unspecified atom stereocenters. The van der Waals surface area contributed by atoms with Crippen LogP contribution in [0.3, 0.4) is 0 Å². The van der Waals surface area contributed by atoms with Crippen LogP contribution in [0.1, 0.15) is 18.4 Å². The number of fused-ring (bicyclic) bond motifs is 3. The Hall–Kier alpha value is -2.00. The van der Waals surface area contributed by atoms with E-state index in [4.69, 9.17) is 5.73 Å². The fraction of sp³-hybridized carbons (Fsp3) is 0.250. The summed E-state index contributed by atoms with van der Waals surface area (Å²) in [6.45, 7) is 0.755. The van der Waals surface area contributed by atoms with Crippen molar-refractivity contribution in [2.75, 3.05) is 6.54 Å². The Morgan fingerprint density at radius 2 is 1.74 bits per heavy atom. The van der Waals surface area contributed by atoms with Crippen LogP contribution in [0.25, 0.3) is 21.8 Å². The van der Waals surface area contributed by atoms with E-state index in [0.29, 0.717) is 0 Å². The first-order valence-corrected chi connectivity index (χ1v) is 6.71. The molecule has 0 bridgehead atoms. The third-order valence-electron chi connectivity index (χ3n) is 3.45. The molecule has 0 aliphatic carbocycles. The molecule has 0 amide bonds. The van der Waals surface area contributed by atoms with Crippen LogP contribution < -0.4 is 5.73 Å². The smallest absolute Gasteiger partial charge is 0.0967 e. The van der Waals surface area contributed by atoms with Gasteiger partial charge in [-0.3, -0.25) is 9.97 Å². The molecule has 2 heterocycles. The molecule has 0 atom stereocenters. The van der Waals surface area contributed by atoms with Crippen molar-refractivity contribution in [1.82, 2.24) is 9.97 Å². The first-order valence-electron chi connectivity index (χ1n) is 6.71. The summed E-state index contributed by atoms with van der Waals surface area (Å²) in [6.07, 6.45) is 6.88. The molecule has 2 N–H and O–H groups in total. The second-order valence-corrected chi connectivity index (χ2v) is 4.76. The van der Waals surface area contributed by atoms with E-state index in [0.717, 1.165) is 42.2 Å². The highest BCUT2D eigenvalue weighted by Gasteiger charge is 2.07. The number of pyridine rings is 2. The molecule has 0 fully saturated rings. The Balaban J connectivity index is 2.18. The zero-order valence-corrected chi connectivity index (χ0v) is 10.8. The number of hydrogen-bond donors (Lipinski definition) is 1. The monoisotopic (exact) mass is 251 g/mol. The van der Waals surface area contributed by atoms with Gasteiger partial charge in [-0.15, -0.1) is 0 Å². The summed E-state index contributed by atoms with van der Waals surface area (Å²) < 4.78 is 0. The molecule has 0 saturated heterocycles. The van der Waals surface area contributed by atoms with Crippen LogP contribution in [-0.4, -0.2) is 16.5 Å². The molecule has 1 aromatic carbocycles. The van der Waals surface area contributed by atoms with Crippen molar-refractivity contribution in [3.63, 3.8) is 0 Å². The van der Waals surface area contributed by atoms with Crippen LogP contribution in [-0.2, 0) is 6.42 Å². The molecular formula is C16H17N3. The number of benzene rings is 1. The summed E-state index contributed by atoms with van der Waals surface area (Å²) in [5.41, 5.74) is 8.91. The molecule has 3 nitrogen and oxygen atoms in total. The highest BCUT2D eigenvalue weighted by atomic mass is 14.7. The Morgan fingerprint density at radius 3 is 2.58 bits per heavy atom. The van der Waals surface area contributed by atoms with Crippen molar-refractivity contribution in [3.8, 4) is 0 Å². The van der Waals surface area contributed by atoms with Crippen LogP contribution in [0.4, 0.5) is 0 Å². The van der Waals surface area contributed by atoms with Crippen molar-refractivity contribution < 1.29 is 0 Å². The lowest BCUT2D eigenvalue weighted by molar-refractivity contribution is 0.748. The Kier molecular flexibility index (Phi) is 3.38. The van der Waals surface area contributed by atoms with Crippen LogP contribution in [0.5, 0.6) is 0 Å². The lowest BCUT2D eigenvalue weighted by Gasteiger charge is -2.08. The van der Waals surface area contributed by atoms with Gasteiger partial charge in [0.2, 0.25) is 0 Å². The van der Waals surface area contributed by atoms with Gasteiger partial charge >= 0.3 is 0 Å². The summed E-state index contributed by atoms with van der Waals surface area (Å²) in [4.78, 5) is 8.98. The first-order chi connectivity index (χ1) is 9.40. The SMILES string of the molecule is NCCCCc1cc2cccnc2c2ncccc12. The highest BCUT2D eigenvalue weighted by Crippen LogP contribution is 2.26. The fourth-order valence-corrected chi connectivity index (χ4v) is 2.52. The van der Waals surface area contributed by atoms with Crippen LogP contribution in [0, 0.1) is 0 Å². The number of nitrogens with two attached hydrogens (primary N) is 1. The van der Waals surface area contributed by atoms with Crippen molar-refractivity contribution in [2.45, 2.75) is 19.3 Å². The summed E-state index contributed by atoms with van der Waals surface area (Å²) in [6, 6.07) is 10.4. The van der Waals surface area contributed by atoms with Gasteiger partial charge < -0.3 is 5.73 Å². The van der Waals surface area contributed by atoms with E-state index >= 15 is 0 Å². The fourth-order valence-electron chi connectivity index (χ4n) is 2.52. The van der Waals surface area contributed by atoms with Crippen LogP contribution in [0.15, 0.2) is 42.7 Å². The summed E-state index contributed by atoms with van der Waals surface area (Å²) in [5.74, 6) is 0. The number of nitrogens with zero attached hydrogens (tertiary/aromatic N) is 2. The molecule has 3 aromatic rings. The van der Waals surface area contributed by atoms with Gasteiger partial charge in [-0.05, 0) is 49.6 Å². The molecule has 3 heteroatoms. The first kappa shape index (κ1) is 12.1. The molecule has 19 heavy (non-hydrogen) atoms. The van der Waals surface area contributed by atoms with Gasteiger partial charge in [-0.2, -0.15) is 0 Å². The zero-order chi connectivity index (χ0) is 13.1. The van der Waals surface area contributed by atoms with Gasteiger partial charge in [0.25, 0.3) is 0 Å². The van der Waals surface area contributed by atoms with Crippen LogP contribution >= 0.6 is 0 Å². The van der Waals surface area contributed by atoms with E-state index in [1.54, 1.807) is 0 Å². The van der Waals surface area contributed by atoms with Crippen molar-refractivity contribution >= 4 is 21.8 Å². The Bertz CT molecular complexity index is 707. The maximum Gasteiger partial charge on any atom is 0.0967 e. The van der Waals surface area contributed by atoms with Gasteiger partial charge in [0.05, 0.1) is 11.0 Å². The lowest BCUT2D eigenvalue weighted by atomic mass is 9.99. The maximum absolute atomic E-state index is 5.57. The summed E-state index contributed by atoms with van der Waals surface area (Å²) >= 11 is 0. The molecule has 96 valence electrons. The van der Waals surface area contributed by atoms with Gasteiger partial charge in [-0.1, -0.05) is 12.1 Å². The van der Waals surface area contributed by atoms with Crippen molar-refractivity contribution in [2.24, 2.45) is 5.73 Å². The van der Waals surface area contributed by atoms with E-state index < -0.39 is 0 Å². The van der Waals surface area contributed by atoms with Gasteiger partial charge in [0.1, 0.15) is 0 Å². The molecule has 0 saturated carbocycles. The van der Waals surface area contributed by atoms with E-state index in [1.807, 2.05) is 24.5 Å². The Labute approximate surface area is 112 Å². The zero-order valence-electron chi connectivity index (χ0n) is 10.8. The summed E-state index contributed by atoms with van der Waals surface area (Å²) in [7, 11) is 0. The number of aromatic nitrogens is 2. The van der Waals surface area contributed by atoms with E-state index in [1.165, 1.54) is 10.9 Å². The Morgan fingerprint density at radius 1 is 0.947 bits per heavy atom. The highest BCUT2D eigenvalue weighted by molar-refractivity contribution is 6.04. The molecular weight excluding hydrogens is 234 g/mol. The third kappa shape index (κ3) is 2.29. The minimum absolute atomic E-state index is 0.755. The molecule has 0 aliphatic heterocycles. The van der Waals surface area contributed by atoms with Gasteiger partial charge in [0, 0.05) is 23.2 Å². The second kappa shape index (κ2) is 5.33. The minimum Gasteiger partial charge on any atom is -0.330 e. The predicted octanol–water partition coefficient (Wildman–Crippen LogP) is 3.06. The maximum atomic E-state index is 5.57. The third-order valence-corrected chi connectivity index (χ3v) is 3.45. The van der Waals surface area contributed by atoms with Gasteiger partial charge in [0.15, 0.2) is 0 Å². The molecule has 0 radical (unpaired) electrons. The van der Waals surface area contributed by atoms with E-state index in [2.05, 4.69) is 28.2 Å². The van der Waals surface area contributed by atoms with Crippen LogP contribution in [0.2, 0.25) is 0 Å². The average Bonchev–Trinajstić information content (AvgIpc) is 2.47. The standard InChI is InChI=1S/C16H17N3/c17-8-2-1-5-12-11-13-6-3-9-18-15(13)16-14(12)7-4-10-19-16/h3-4,6-7,9-11H,1-2,5,8,17H2. The van der Waals surface area contributed by atoms with Crippen molar-refractivity contribution in [3.05, 3.63) is 48.3 Å². The van der Waals surface area contributed by atoms with Gasteiger partial charge in [-0.25, -0.2) is 0 Å². The second-order valence-electron chi connectivity index (χ2n) is 4.76. The number of unbranched alkanes of at least 4 members (excludes halogenated alkanes) is 1. The summed E-state index contributed by atoms with van der Waals surface area (Å²) in [5, 5.41) is 2.38. The largest absolute Gasteiger partial charge is 0.330 e. The van der Waals surface area contributed by atoms with E-state index in [9.17, 15) is 0 Å². The molecule has 0 aliphatic rings.